The van der Waals surface area contributed by atoms with Gasteiger partial charge in [0, 0.05) is 13.1 Å². The number of aromatic nitrogens is 2. The van der Waals surface area contributed by atoms with E-state index in [0.29, 0.717) is 5.69 Å². The molecule has 0 aliphatic heterocycles. The third-order valence-electron chi connectivity index (χ3n) is 3.73. The Kier molecular flexibility index (Phi) is 4.73. The Bertz CT molecular complexity index is 845. The Morgan fingerprint density at radius 1 is 1.24 bits per heavy atom. The van der Waals surface area contributed by atoms with E-state index in [0.717, 1.165) is 19.8 Å². The lowest BCUT2D eigenvalue weighted by Gasteiger charge is -2.12. The molecule has 0 N–H and O–H groups in total. The fourth-order valence-electron chi connectivity index (χ4n) is 2.33. The van der Waals surface area contributed by atoms with Gasteiger partial charge in [-0.3, -0.25) is 9.97 Å². The summed E-state index contributed by atoms with van der Waals surface area (Å²) in [4.78, 5) is 8.42. The van der Waals surface area contributed by atoms with Crippen LogP contribution in [0.1, 0.15) is 19.8 Å². The summed E-state index contributed by atoms with van der Waals surface area (Å²) in [7, 11) is -3.45. The van der Waals surface area contributed by atoms with E-state index >= 15 is 0 Å². The second-order valence-electron chi connectivity index (χ2n) is 6.31. The first-order valence-corrected chi connectivity index (χ1v) is 9.55. The maximum absolute atomic E-state index is 12.8. The van der Waals surface area contributed by atoms with Crippen LogP contribution >= 0.6 is 0 Å². The van der Waals surface area contributed by atoms with E-state index in [1.165, 1.54) is 30.6 Å². The molecule has 1 aliphatic rings. The van der Waals surface area contributed by atoms with E-state index < -0.39 is 22.4 Å². The van der Waals surface area contributed by atoms with Crippen molar-refractivity contribution in [1.29, 1.82) is 0 Å². The average molecular weight is 368 g/mol. The minimum atomic E-state index is -3.45. The molecule has 0 bridgehead atoms. The van der Waals surface area contributed by atoms with Crippen molar-refractivity contribution in [2.45, 2.75) is 30.6 Å². The van der Waals surface area contributed by atoms with Crippen LogP contribution < -0.4 is 4.74 Å². The van der Waals surface area contributed by atoms with Gasteiger partial charge in [0.15, 0.2) is 16.4 Å². The van der Waals surface area contributed by atoms with Crippen molar-refractivity contribution in [1.82, 2.24) is 9.97 Å². The summed E-state index contributed by atoms with van der Waals surface area (Å²) in [5, 5.41) is 0. The van der Waals surface area contributed by atoms with Gasteiger partial charge in [-0.2, -0.15) is 0 Å². The largest absolute Gasteiger partial charge is 0.486 e. The van der Waals surface area contributed by atoms with Crippen molar-refractivity contribution in [3.63, 3.8) is 0 Å². The highest BCUT2D eigenvalue weighted by Gasteiger charge is 2.31. The SMILES string of the molecule is CC(F)(F)COc1ccc(-c2ncccc2S(=O)(=O)CC2CC2)nc1. The second-order valence-corrected chi connectivity index (χ2v) is 8.32. The van der Waals surface area contributed by atoms with Crippen molar-refractivity contribution in [2.24, 2.45) is 5.92 Å². The maximum atomic E-state index is 12.8. The Balaban J connectivity index is 1.84. The lowest BCUT2D eigenvalue weighted by Crippen LogP contribution is -2.20. The summed E-state index contributed by atoms with van der Waals surface area (Å²) in [6.07, 6.45) is 4.64. The van der Waals surface area contributed by atoms with Crippen LogP contribution in [0, 0.1) is 5.92 Å². The van der Waals surface area contributed by atoms with Crippen LogP contribution in [0.5, 0.6) is 5.75 Å². The van der Waals surface area contributed by atoms with Gasteiger partial charge in [-0.1, -0.05) is 0 Å². The molecule has 1 fully saturated rings. The Morgan fingerprint density at radius 3 is 2.60 bits per heavy atom. The molecule has 8 heteroatoms. The van der Waals surface area contributed by atoms with Crippen LogP contribution in [0.2, 0.25) is 0 Å². The molecule has 1 saturated carbocycles. The van der Waals surface area contributed by atoms with E-state index in [1.807, 2.05) is 0 Å². The number of rotatable bonds is 7. The highest BCUT2D eigenvalue weighted by Crippen LogP contribution is 2.34. The lowest BCUT2D eigenvalue weighted by molar-refractivity contribution is -0.0230. The number of hydrogen-bond acceptors (Lipinski definition) is 5. The molecule has 2 aromatic heterocycles. The van der Waals surface area contributed by atoms with Crippen LogP contribution in [0.3, 0.4) is 0 Å². The number of halogens is 2. The Morgan fingerprint density at radius 2 is 2.00 bits per heavy atom. The average Bonchev–Trinajstić information content (AvgIpc) is 3.36. The van der Waals surface area contributed by atoms with Crippen LogP contribution in [0.25, 0.3) is 11.4 Å². The predicted octanol–water partition coefficient (Wildman–Crippen LogP) is 3.36. The van der Waals surface area contributed by atoms with Crippen molar-refractivity contribution in [2.75, 3.05) is 12.4 Å². The van der Waals surface area contributed by atoms with Crippen LogP contribution in [0.15, 0.2) is 41.6 Å². The van der Waals surface area contributed by atoms with Crippen LogP contribution in [0.4, 0.5) is 8.78 Å². The number of alkyl halides is 2. The van der Waals surface area contributed by atoms with Crippen molar-refractivity contribution in [3.05, 3.63) is 36.7 Å². The number of ether oxygens (including phenoxy) is 1. The molecule has 5 nitrogen and oxygen atoms in total. The summed E-state index contributed by atoms with van der Waals surface area (Å²) in [5.41, 5.74) is 0.612. The number of pyridine rings is 2. The molecule has 0 atom stereocenters. The van der Waals surface area contributed by atoms with Gasteiger partial charge in [0.25, 0.3) is 5.92 Å². The highest BCUT2D eigenvalue weighted by atomic mass is 32.2. The predicted molar refractivity (Wildman–Crippen MR) is 88.4 cm³/mol. The van der Waals surface area contributed by atoms with Crippen molar-refractivity contribution < 1.29 is 21.9 Å². The summed E-state index contributed by atoms with van der Waals surface area (Å²) in [5.74, 6) is -2.43. The number of sulfone groups is 1. The highest BCUT2D eigenvalue weighted by molar-refractivity contribution is 7.91. The molecule has 0 unspecified atom stereocenters. The van der Waals surface area contributed by atoms with E-state index in [-0.39, 0.29) is 28.0 Å². The molecule has 1 aliphatic carbocycles. The normalized spacial score (nSPS) is 15.2. The van der Waals surface area contributed by atoms with Gasteiger partial charge in [0.05, 0.1) is 22.5 Å². The third-order valence-corrected chi connectivity index (χ3v) is 5.64. The summed E-state index contributed by atoms with van der Waals surface area (Å²) < 4.78 is 55.8. The van der Waals surface area contributed by atoms with Crippen LogP contribution in [-0.4, -0.2) is 36.7 Å². The fraction of sp³-hybridized carbons (Fsp3) is 0.412. The van der Waals surface area contributed by atoms with E-state index in [4.69, 9.17) is 4.74 Å². The van der Waals surface area contributed by atoms with Gasteiger partial charge < -0.3 is 4.74 Å². The summed E-state index contributed by atoms with van der Waals surface area (Å²) >= 11 is 0. The first-order valence-electron chi connectivity index (χ1n) is 7.89. The first-order chi connectivity index (χ1) is 11.7. The van der Waals surface area contributed by atoms with Gasteiger partial charge in [0.2, 0.25) is 0 Å². The smallest absolute Gasteiger partial charge is 0.278 e. The van der Waals surface area contributed by atoms with Crippen molar-refractivity contribution >= 4 is 9.84 Å². The van der Waals surface area contributed by atoms with Gasteiger partial charge in [-0.25, -0.2) is 17.2 Å². The minimum absolute atomic E-state index is 0.110. The Labute approximate surface area is 145 Å². The topological polar surface area (TPSA) is 69.2 Å². The molecule has 134 valence electrons. The molecule has 0 aromatic carbocycles. The number of nitrogens with zero attached hydrogens (tertiary/aromatic N) is 2. The minimum Gasteiger partial charge on any atom is -0.486 e. The molecule has 0 spiro atoms. The molecule has 25 heavy (non-hydrogen) atoms. The molecular weight excluding hydrogens is 350 g/mol. The fourth-order valence-corrected chi connectivity index (χ4v) is 4.21. The standard InChI is InChI=1S/C17H18F2N2O3S/c1-17(18,19)11-24-13-6-7-14(21-9-13)16-15(3-2-8-20-16)25(22,23)10-12-4-5-12/h2-3,6-9,12H,4-5,10-11H2,1H3. The summed E-state index contributed by atoms with van der Waals surface area (Å²) in [6.45, 7) is 0.0122. The molecule has 0 radical (unpaired) electrons. The molecule has 2 heterocycles. The molecule has 0 amide bonds. The van der Waals surface area contributed by atoms with E-state index in [9.17, 15) is 17.2 Å². The molecule has 3 rings (SSSR count). The molecule has 0 saturated heterocycles. The van der Waals surface area contributed by atoms with Gasteiger partial charge in [-0.15, -0.1) is 0 Å². The molecular formula is C17H18F2N2O3S. The number of hydrogen-bond donors (Lipinski definition) is 0. The van der Waals surface area contributed by atoms with E-state index in [2.05, 4.69) is 9.97 Å². The second kappa shape index (κ2) is 6.67. The Hall–Kier alpha value is -2.09. The lowest BCUT2D eigenvalue weighted by atomic mass is 10.2. The zero-order chi connectivity index (χ0) is 18.1. The van der Waals surface area contributed by atoms with Gasteiger partial charge >= 0.3 is 0 Å². The van der Waals surface area contributed by atoms with Gasteiger partial charge in [-0.05, 0) is 43.0 Å². The molecule has 2 aromatic rings. The zero-order valence-electron chi connectivity index (χ0n) is 13.7. The zero-order valence-corrected chi connectivity index (χ0v) is 14.5. The summed E-state index contributed by atoms with van der Waals surface area (Å²) in [6, 6.07) is 6.08. The van der Waals surface area contributed by atoms with Crippen molar-refractivity contribution in [3.8, 4) is 17.1 Å². The maximum Gasteiger partial charge on any atom is 0.278 e. The first kappa shape index (κ1) is 17.7. The van der Waals surface area contributed by atoms with E-state index in [1.54, 1.807) is 6.07 Å². The van der Waals surface area contributed by atoms with Gasteiger partial charge in [0.1, 0.15) is 11.4 Å². The monoisotopic (exact) mass is 368 g/mol. The quantitative estimate of drug-likeness (QED) is 0.750. The van der Waals surface area contributed by atoms with Crippen LogP contribution in [-0.2, 0) is 9.84 Å². The third kappa shape index (κ3) is 4.72.